The maximum absolute atomic E-state index is 13.0. The minimum atomic E-state index is -4.05. The Morgan fingerprint density at radius 3 is 1.90 bits per heavy atom. The van der Waals surface area contributed by atoms with Gasteiger partial charge in [-0.25, -0.2) is 8.42 Å². The van der Waals surface area contributed by atoms with E-state index >= 15 is 0 Å². The summed E-state index contributed by atoms with van der Waals surface area (Å²) in [6.45, 7) is 14.6. The lowest BCUT2D eigenvalue weighted by Crippen LogP contribution is -2.42. The van der Waals surface area contributed by atoms with E-state index in [4.69, 9.17) is 4.18 Å². The second-order valence-corrected chi connectivity index (χ2v) is 14.7. The van der Waals surface area contributed by atoms with Gasteiger partial charge in [0.2, 0.25) is 8.87 Å². The molecule has 0 radical (unpaired) electrons. The summed E-state index contributed by atoms with van der Waals surface area (Å²) >= 11 is 0. The molecule has 0 fully saturated rings. The normalized spacial score (nSPS) is 13.3. The largest absolute Gasteiger partial charge is 0.383 e. The zero-order valence-electron chi connectivity index (χ0n) is 19.2. The van der Waals surface area contributed by atoms with Crippen LogP contribution in [0.4, 0.5) is 0 Å². The van der Waals surface area contributed by atoms with Crippen molar-refractivity contribution in [2.24, 2.45) is 0 Å². The molecule has 0 aromatic heterocycles. The van der Waals surface area contributed by atoms with E-state index in [-0.39, 0.29) is 10.6 Å². The molecule has 172 valence electrons. The summed E-state index contributed by atoms with van der Waals surface area (Å²) in [6.07, 6.45) is 0. The topological polar surface area (TPSA) is 89.5 Å². The summed E-state index contributed by atoms with van der Waals surface area (Å²) in [5.74, 6) is 0.166. The number of aryl methyl sites for hydroxylation is 2. The quantitative estimate of drug-likeness (QED) is 0.573. The molecule has 0 saturated heterocycles. The Morgan fingerprint density at radius 1 is 0.871 bits per heavy atom. The monoisotopic (exact) mass is 485 g/mol. The summed E-state index contributed by atoms with van der Waals surface area (Å²) in [4.78, 5) is 0.761. The SMILES string of the molecule is Cc1ccc(S(=O)(=O)Sc2cc(C)c(OS(=O)(=O)NC(C)(C)C)cc2C(C)(C)C)cc1. The van der Waals surface area contributed by atoms with E-state index in [1.807, 2.05) is 27.7 Å². The van der Waals surface area contributed by atoms with Crippen LogP contribution in [-0.2, 0) is 24.6 Å². The van der Waals surface area contributed by atoms with Gasteiger partial charge in [-0.3, -0.25) is 0 Å². The lowest BCUT2D eigenvalue weighted by atomic mass is 9.86. The van der Waals surface area contributed by atoms with Crippen LogP contribution < -0.4 is 8.91 Å². The average molecular weight is 486 g/mol. The van der Waals surface area contributed by atoms with Crippen molar-refractivity contribution in [1.82, 2.24) is 4.72 Å². The molecule has 0 heterocycles. The highest BCUT2D eigenvalue weighted by molar-refractivity contribution is 8.72. The van der Waals surface area contributed by atoms with E-state index in [1.54, 1.807) is 64.1 Å². The van der Waals surface area contributed by atoms with Gasteiger partial charge in [0.25, 0.3) is 0 Å². The predicted octanol–water partition coefficient (Wildman–Crippen LogP) is 5.09. The first-order valence-corrected chi connectivity index (χ1v) is 14.0. The predicted molar refractivity (Wildman–Crippen MR) is 127 cm³/mol. The van der Waals surface area contributed by atoms with Crippen molar-refractivity contribution in [3.8, 4) is 5.75 Å². The summed E-state index contributed by atoms with van der Waals surface area (Å²) in [5.41, 5.74) is 1.03. The van der Waals surface area contributed by atoms with Crippen LogP contribution in [0.1, 0.15) is 58.2 Å². The Bertz CT molecular complexity index is 1160. The minimum absolute atomic E-state index is 0.166. The van der Waals surface area contributed by atoms with Crippen LogP contribution >= 0.6 is 10.8 Å². The second-order valence-electron chi connectivity index (χ2n) is 9.60. The van der Waals surface area contributed by atoms with E-state index in [9.17, 15) is 16.8 Å². The standard InChI is InChI=1S/C22H31NO5S3/c1-15-9-11-17(12-10-15)30(24,25)29-20-13-16(2)19(14-18(20)21(3,4)5)28-31(26,27)23-22(6,7)8/h9-14,23H,1-8H3. The van der Waals surface area contributed by atoms with Crippen molar-refractivity contribution < 1.29 is 21.0 Å². The third-order valence-electron chi connectivity index (χ3n) is 4.22. The number of benzene rings is 2. The highest BCUT2D eigenvalue weighted by atomic mass is 33.1. The Labute approximate surface area is 190 Å². The molecule has 0 amide bonds. The van der Waals surface area contributed by atoms with Crippen molar-refractivity contribution in [3.05, 3.63) is 53.1 Å². The first kappa shape index (κ1) is 25.7. The molecule has 1 N–H and O–H groups in total. The van der Waals surface area contributed by atoms with Crippen LogP contribution in [0, 0.1) is 13.8 Å². The Kier molecular flexibility index (Phi) is 7.27. The number of hydrogen-bond donors (Lipinski definition) is 1. The zero-order valence-corrected chi connectivity index (χ0v) is 21.7. The van der Waals surface area contributed by atoms with Crippen LogP contribution in [0.3, 0.4) is 0 Å². The summed E-state index contributed by atoms with van der Waals surface area (Å²) in [6, 6.07) is 9.97. The van der Waals surface area contributed by atoms with Gasteiger partial charge in [-0.15, -0.1) is 0 Å². The molecular formula is C22H31NO5S3. The minimum Gasteiger partial charge on any atom is -0.371 e. The van der Waals surface area contributed by atoms with E-state index < -0.39 is 30.1 Å². The molecule has 0 unspecified atom stereocenters. The number of nitrogens with one attached hydrogen (secondary N) is 1. The van der Waals surface area contributed by atoms with Crippen molar-refractivity contribution in [1.29, 1.82) is 0 Å². The van der Waals surface area contributed by atoms with Crippen molar-refractivity contribution in [2.45, 2.75) is 76.1 Å². The zero-order chi connectivity index (χ0) is 23.8. The lowest BCUT2D eigenvalue weighted by molar-refractivity contribution is 0.425. The fourth-order valence-electron chi connectivity index (χ4n) is 2.79. The van der Waals surface area contributed by atoms with Crippen LogP contribution in [0.2, 0.25) is 0 Å². The van der Waals surface area contributed by atoms with Gasteiger partial charge in [0.1, 0.15) is 5.75 Å². The third-order valence-corrected chi connectivity index (χ3v) is 8.85. The molecule has 6 nitrogen and oxygen atoms in total. The molecule has 0 atom stereocenters. The first-order chi connectivity index (χ1) is 13.9. The third kappa shape index (κ3) is 7.24. The molecular weight excluding hydrogens is 454 g/mol. The number of hydrogen-bond acceptors (Lipinski definition) is 6. The molecule has 0 aliphatic carbocycles. The fourth-order valence-corrected chi connectivity index (χ4v) is 7.23. The molecule has 0 bridgehead atoms. The van der Waals surface area contributed by atoms with Crippen molar-refractivity contribution in [2.75, 3.05) is 0 Å². The maximum atomic E-state index is 13.0. The molecule has 9 heteroatoms. The van der Waals surface area contributed by atoms with Gasteiger partial charge in [-0.1, -0.05) is 38.5 Å². The Morgan fingerprint density at radius 2 is 1.42 bits per heavy atom. The molecule has 31 heavy (non-hydrogen) atoms. The van der Waals surface area contributed by atoms with Gasteiger partial charge in [-0.05, 0) is 75.4 Å². The van der Waals surface area contributed by atoms with Crippen LogP contribution in [0.25, 0.3) is 0 Å². The summed E-state index contributed by atoms with van der Waals surface area (Å²) in [5, 5.41) is 0. The molecule has 0 saturated carbocycles. The summed E-state index contributed by atoms with van der Waals surface area (Å²) < 4.78 is 58.6. The van der Waals surface area contributed by atoms with Gasteiger partial charge in [0, 0.05) is 21.2 Å². The van der Waals surface area contributed by atoms with Gasteiger partial charge in [0.15, 0.2) is 0 Å². The van der Waals surface area contributed by atoms with Crippen molar-refractivity contribution in [3.63, 3.8) is 0 Å². The molecule has 0 aliphatic rings. The molecule has 2 aromatic rings. The van der Waals surface area contributed by atoms with E-state index in [0.717, 1.165) is 16.4 Å². The van der Waals surface area contributed by atoms with Crippen molar-refractivity contribution >= 4 is 30.0 Å². The van der Waals surface area contributed by atoms with E-state index in [1.165, 1.54) is 0 Å². The second kappa shape index (κ2) is 8.77. The Balaban J connectivity index is 2.50. The van der Waals surface area contributed by atoms with E-state index in [0.29, 0.717) is 16.0 Å². The van der Waals surface area contributed by atoms with Gasteiger partial charge in [0.05, 0.1) is 4.90 Å². The Hall–Kier alpha value is -1.55. The fraction of sp³-hybridized carbons (Fsp3) is 0.455. The molecule has 2 rings (SSSR count). The molecule has 2 aromatic carbocycles. The highest BCUT2D eigenvalue weighted by Crippen LogP contribution is 2.41. The van der Waals surface area contributed by atoms with Gasteiger partial charge < -0.3 is 4.18 Å². The van der Waals surface area contributed by atoms with Gasteiger partial charge >= 0.3 is 10.3 Å². The van der Waals surface area contributed by atoms with Crippen LogP contribution in [0.15, 0.2) is 46.2 Å². The maximum Gasteiger partial charge on any atom is 0.383 e. The number of rotatable bonds is 6. The smallest absolute Gasteiger partial charge is 0.371 e. The first-order valence-electron chi connectivity index (χ1n) is 9.79. The highest BCUT2D eigenvalue weighted by Gasteiger charge is 2.28. The lowest BCUT2D eigenvalue weighted by Gasteiger charge is -2.25. The molecule has 0 spiro atoms. The summed E-state index contributed by atoms with van der Waals surface area (Å²) in [7, 11) is -6.94. The van der Waals surface area contributed by atoms with Crippen LogP contribution in [-0.4, -0.2) is 22.4 Å². The average Bonchev–Trinajstić information content (AvgIpc) is 2.53. The molecule has 0 aliphatic heterocycles. The van der Waals surface area contributed by atoms with E-state index in [2.05, 4.69) is 4.72 Å². The van der Waals surface area contributed by atoms with Crippen LogP contribution in [0.5, 0.6) is 5.75 Å². The van der Waals surface area contributed by atoms with Gasteiger partial charge in [-0.2, -0.15) is 13.1 Å².